The van der Waals surface area contributed by atoms with Crippen molar-refractivity contribution in [3.63, 3.8) is 0 Å². The van der Waals surface area contributed by atoms with Crippen LogP contribution in [0.4, 0.5) is 5.82 Å². The van der Waals surface area contributed by atoms with Crippen molar-refractivity contribution in [2.24, 2.45) is 5.92 Å². The predicted molar refractivity (Wildman–Crippen MR) is 69.3 cm³/mol. The molecule has 1 aliphatic heterocycles. The van der Waals surface area contributed by atoms with Gasteiger partial charge < -0.3 is 4.90 Å². The number of aromatic nitrogens is 2. The van der Waals surface area contributed by atoms with E-state index in [2.05, 4.69) is 23.7 Å². The zero-order valence-electron chi connectivity index (χ0n) is 10.8. The van der Waals surface area contributed by atoms with E-state index in [0.717, 1.165) is 31.1 Å². The van der Waals surface area contributed by atoms with Crippen molar-refractivity contribution in [1.29, 1.82) is 0 Å². The summed E-state index contributed by atoms with van der Waals surface area (Å²) in [5, 5.41) is 0. The Hall–Kier alpha value is -1.12. The van der Waals surface area contributed by atoms with Gasteiger partial charge in [0.05, 0.1) is 17.6 Å². The molecular weight excluding hydrogens is 210 g/mol. The minimum absolute atomic E-state index is 0.713. The fourth-order valence-corrected chi connectivity index (χ4v) is 2.85. The molecular formula is C14H21N3. The normalized spacial score (nSPS) is 24.4. The van der Waals surface area contributed by atoms with E-state index in [0.29, 0.717) is 5.92 Å². The first-order valence-electron chi connectivity index (χ1n) is 6.89. The maximum absolute atomic E-state index is 4.77. The zero-order valence-corrected chi connectivity index (χ0v) is 10.8. The Bertz CT molecular complexity index is 412. The van der Waals surface area contributed by atoms with Gasteiger partial charge in [-0.2, -0.15) is 0 Å². The average Bonchev–Trinajstić information content (AvgIpc) is 2.25. The van der Waals surface area contributed by atoms with Crippen molar-refractivity contribution in [1.82, 2.24) is 9.97 Å². The molecule has 3 heteroatoms. The van der Waals surface area contributed by atoms with Crippen LogP contribution in [-0.4, -0.2) is 22.6 Å². The number of aryl methyl sites for hydroxylation is 1. The number of rotatable bonds is 2. The molecule has 1 aromatic rings. The minimum Gasteiger partial charge on any atom is -0.352 e. The van der Waals surface area contributed by atoms with Crippen molar-refractivity contribution in [3.05, 3.63) is 17.6 Å². The smallest absolute Gasteiger partial charge is 0.150 e. The fourth-order valence-electron chi connectivity index (χ4n) is 2.85. The molecule has 1 saturated carbocycles. The largest absolute Gasteiger partial charge is 0.352 e. The van der Waals surface area contributed by atoms with Crippen molar-refractivity contribution < 1.29 is 0 Å². The molecule has 0 amide bonds. The summed E-state index contributed by atoms with van der Waals surface area (Å²) in [6.45, 7) is 5.64. The summed E-state index contributed by atoms with van der Waals surface area (Å²) < 4.78 is 0. The third-order valence-electron chi connectivity index (χ3n) is 4.07. The number of anilines is 1. The lowest BCUT2D eigenvalue weighted by Gasteiger charge is -2.43. The molecule has 2 heterocycles. The van der Waals surface area contributed by atoms with E-state index < -0.39 is 0 Å². The zero-order chi connectivity index (χ0) is 11.8. The van der Waals surface area contributed by atoms with Gasteiger partial charge in [-0.1, -0.05) is 13.8 Å². The Kier molecular flexibility index (Phi) is 2.77. The predicted octanol–water partition coefficient (Wildman–Crippen LogP) is 2.59. The first-order chi connectivity index (χ1) is 8.28. The van der Waals surface area contributed by atoms with Gasteiger partial charge in [-0.3, -0.25) is 4.98 Å². The minimum atomic E-state index is 0.713. The highest BCUT2D eigenvalue weighted by Gasteiger charge is 2.32. The Morgan fingerprint density at radius 3 is 2.88 bits per heavy atom. The monoisotopic (exact) mass is 231 g/mol. The summed E-state index contributed by atoms with van der Waals surface area (Å²) in [4.78, 5) is 12.0. The number of fused-ring (bicyclic) bond motifs is 1. The highest BCUT2D eigenvalue weighted by atomic mass is 15.2. The molecule has 0 N–H and O–H groups in total. The second-order valence-electron chi connectivity index (χ2n) is 5.53. The molecule has 1 aromatic heterocycles. The van der Waals surface area contributed by atoms with Crippen molar-refractivity contribution in [2.45, 2.75) is 52.0 Å². The van der Waals surface area contributed by atoms with Gasteiger partial charge in [0.25, 0.3) is 0 Å². The van der Waals surface area contributed by atoms with Gasteiger partial charge in [0.15, 0.2) is 5.82 Å². The summed E-state index contributed by atoms with van der Waals surface area (Å²) in [7, 11) is 0. The maximum Gasteiger partial charge on any atom is 0.150 e. The van der Waals surface area contributed by atoms with Gasteiger partial charge in [-0.15, -0.1) is 0 Å². The van der Waals surface area contributed by atoms with Gasteiger partial charge in [-0.25, -0.2) is 4.98 Å². The van der Waals surface area contributed by atoms with E-state index >= 15 is 0 Å². The number of hydrogen-bond acceptors (Lipinski definition) is 3. The molecule has 0 spiro atoms. The standard InChI is InChI=1S/C14H21N3/c1-3-11-8-15-14-13(16-11)7-10(2)9-17(14)12-5-4-6-12/h8,10,12H,3-7,9H2,1-2H3. The number of hydrogen-bond donors (Lipinski definition) is 0. The second kappa shape index (κ2) is 4.28. The first-order valence-corrected chi connectivity index (χ1v) is 6.89. The van der Waals surface area contributed by atoms with Gasteiger partial charge in [0, 0.05) is 12.6 Å². The Morgan fingerprint density at radius 1 is 1.41 bits per heavy atom. The van der Waals surface area contributed by atoms with Crippen LogP contribution in [0.3, 0.4) is 0 Å². The lowest BCUT2D eigenvalue weighted by Crippen LogP contribution is -2.46. The van der Waals surface area contributed by atoms with Gasteiger partial charge in [0.2, 0.25) is 0 Å². The quantitative estimate of drug-likeness (QED) is 0.783. The molecule has 1 unspecified atom stereocenters. The van der Waals surface area contributed by atoms with Crippen LogP contribution in [0.5, 0.6) is 0 Å². The van der Waals surface area contributed by atoms with E-state index in [-0.39, 0.29) is 0 Å². The van der Waals surface area contributed by atoms with Crippen LogP contribution in [0.2, 0.25) is 0 Å². The van der Waals surface area contributed by atoms with E-state index in [1.807, 2.05) is 6.20 Å². The van der Waals surface area contributed by atoms with Crippen LogP contribution in [0, 0.1) is 5.92 Å². The summed E-state index contributed by atoms with van der Waals surface area (Å²) in [5.41, 5.74) is 2.36. The van der Waals surface area contributed by atoms with E-state index in [9.17, 15) is 0 Å². The van der Waals surface area contributed by atoms with Crippen LogP contribution in [-0.2, 0) is 12.8 Å². The third-order valence-corrected chi connectivity index (χ3v) is 4.07. The van der Waals surface area contributed by atoms with Crippen LogP contribution in [0.15, 0.2) is 6.20 Å². The summed E-state index contributed by atoms with van der Waals surface area (Å²) in [6.07, 6.45) is 8.09. The number of nitrogens with zero attached hydrogens (tertiary/aromatic N) is 3. The Balaban J connectivity index is 1.94. The van der Waals surface area contributed by atoms with Crippen LogP contribution >= 0.6 is 0 Å². The molecule has 92 valence electrons. The summed E-state index contributed by atoms with van der Waals surface area (Å²) in [5.74, 6) is 1.88. The SMILES string of the molecule is CCc1cnc2c(n1)CC(C)CN2C1CCC1. The van der Waals surface area contributed by atoms with Crippen molar-refractivity contribution >= 4 is 5.82 Å². The molecule has 0 aromatic carbocycles. The van der Waals surface area contributed by atoms with E-state index in [1.54, 1.807) is 0 Å². The van der Waals surface area contributed by atoms with Crippen LogP contribution < -0.4 is 4.90 Å². The Labute approximate surface area is 103 Å². The molecule has 0 saturated heterocycles. The topological polar surface area (TPSA) is 29.0 Å². The molecule has 3 rings (SSSR count). The molecule has 0 bridgehead atoms. The Morgan fingerprint density at radius 2 is 2.24 bits per heavy atom. The van der Waals surface area contributed by atoms with Crippen LogP contribution in [0.1, 0.15) is 44.5 Å². The van der Waals surface area contributed by atoms with Crippen molar-refractivity contribution in [3.8, 4) is 0 Å². The highest BCUT2D eigenvalue weighted by molar-refractivity contribution is 5.48. The van der Waals surface area contributed by atoms with Crippen molar-refractivity contribution in [2.75, 3.05) is 11.4 Å². The van der Waals surface area contributed by atoms with E-state index in [1.165, 1.54) is 30.8 Å². The second-order valence-corrected chi connectivity index (χ2v) is 5.53. The van der Waals surface area contributed by atoms with Gasteiger partial charge in [0.1, 0.15) is 0 Å². The highest BCUT2D eigenvalue weighted by Crippen LogP contribution is 2.34. The summed E-state index contributed by atoms with van der Waals surface area (Å²) >= 11 is 0. The molecule has 3 nitrogen and oxygen atoms in total. The molecule has 1 atom stereocenters. The lowest BCUT2D eigenvalue weighted by molar-refractivity contribution is 0.354. The molecule has 0 radical (unpaired) electrons. The van der Waals surface area contributed by atoms with Crippen LogP contribution in [0.25, 0.3) is 0 Å². The third kappa shape index (κ3) is 1.92. The fraction of sp³-hybridized carbons (Fsp3) is 0.714. The maximum atomic E-state index is 4.77. The van der Waals surface area contributed by atoms with E-state index in [4.69, 9.17) is 4.98 Å². The molecule has 1 fully saturated rings. The first kappa shape index (κ1) is 11.0. The van der Waals surface area contributed by atoms with Gasteiger partial charge >= 0.3 is 0 Å². The molecule has 2 aliphatic rings. The van der Waals surface area contributed by atoms with Gasteiger partial charge in [-0.05, 0) is 38.0 Å². The molecule has 17 heavy (non-hydrogen) atoms. The molecule has 1 aliphatic carbocycles. The average molecular weight is 231 g/mol. The lowest BCUT2D eigenvalue weighted by atomic mass is 9.88. The summed E-state index contributed by atoms with van der Waals surface area (Å²) in [6, 6.07) is 0.735.